The Morgan fingerprint density at radius 2 is 2.08 bits per heavy atom. The van der Waals surface area contributed by atoms with Crippen LogP contribution in [-0.4, -0.2) is 48.7 Å². The number of rotatable bonds is 9. The zero-order valence-electron chi connectivity index (χ0n) is 20.7. The molecule has 10 nitrogen and oxygen atoms in total. The number of aromatic hydroxyl groups is 1. The van der Waals surface area contributed by atoms with Gasteiger partial charge in [0.2, 0.25) is 5.75 Å². The molecule has 0 amide bonds. The predicted octanol–water partition coefficient (Wildman–Crippen LogP) is 4.17. The van der Waals surface area contributed by atoms with Crippen LogP contribution in [0.5, 0.6) is 11.5 Å². The standard InChI is InChI=1S/C26H28N2O8S/c1-4-35-20-13-16(11-18(25(20)30)28(32)33)23-22(26(31)36-8-7-34-3)14(2)27-17-10-15(12-19(29)24(17)23)21-6-5-9-37-21/h5-6,9-11,13,15,23-24,27,30H,4,7-8,12H2,1-3H3. The summed E-state index contributed by atoms with van der Waals surface area (Å²) < 4.78 is 15.9. The highest BCUT2D eigenvalue weighted by Gasteiger charge is 2.46. The first-order valence-electron chi connectivity index (χ1n) is 11.8. The maximum Gasteiger partial charge on any atom is 0.336 e. The number of Topliss-reactive ketones (excluding diaryl/α,β-unsaturated/α-hetero) is 1. The van der Waals surface area contributed by atoms with E-state index in [2.05, 4.69) is 5.32 Å². The Labute approximate surface area is 217 Å². The SMILES string of the molecule is CCOc1cc(C2C(C(=O)OCCOC)=C(C)NC3=CC(c4cccs4)CC(=O)C32)cc([N+](=O)[O-])c1O. The van der Waals surface area contributed by atoms with E-state index in [9.17, 15) is 24.8 Å². The average molecular weight is 529 g/mol. The zero-order chi connectivity index (χ0) is 26.7. The minimum Gasteiger partial charge on any atom is -0.500 e. The number of esters is 1. The smallest absolute Gasteiger partial charge is 0.336 e. The van der Waals surface area contributed by atoms with E-state index < -0.39 is 34.2 Å². The number of carbonyl (C=O) groups is 2. The van der Waals surface area contributed by atoms with E-state index in [0.717, 1.165) is 4.88 Å². The van der Waals surface area contributed by atoms with E-state index in [1.807, 2.05) is 23.6 Å². The van der Waals surface area contributed by atoms with E-state index in [1.54, 1.807) is 25.2 Å². The normalized spacial score (nSPS) is 21.1. The number of nitro benzene ring substituents is 1. The molecule has 2 aliphatic rings. The molecule has 3 unspecified atom stereocenters. The molecule has 2 heterocycles. The number of fused-ring (bicyclic) bond motifs is 1. The number of thiophene rings is 1. The van der Waals surface area contributed by atoms with Gasteiger partial charge in [0.25, 0.3) is 0 Å². The van der Waals surface area contributed by atoms with Gasteiger partial charge in [-0.1, -0.05) is 12.1 Å². The highest BCUT2D eigenvalue weighted by atomic mass is 32.1. The van der Waals surface area contributed by atoms with Crippen LogP contribution in [0.15, 0.2) is 52.7 Å². The Morgan fingerprint density at radius 1 is 1.30 bits per heavy atom. The van der Waals surface area contributed by atoms with Crippen molar-refractivity contribution in [3.05, 3.63) is 73.2 Å². The third-order valence-electron chi connectivity index (χ3n) is 6.45. The number of nitrogens with zero attached hydrogens (tertiary/aromatic N) is 1. The summed E-state index contributed by atoms with van der Waals surface area (Å²) in [6, 6.07) is 6.54. The van der Waals surface area contributed by atoms with Gasteiger partial charge in [0.1, 0.15) is 12.4 Å². The van der Waals surface area contributed by atoms with Crippen LogP contribution in [0.3, 0.4) is 0 Å². The van der Waals surface area contributed by atoms with Crippen LogP contribution in [0.1, 0.15) is 42.5 Å². The molecule has 1 aliphatic carbocycles. The second kappa shape index (κ2) is 11.1. The van der Waals surface area contributed by atoms with Crippen molar-refractivity contribution in [2.45, 2.75) is 32.1 Å². The Balaban J connectivity index is 1.88. The van der Waals surface area contributed by atoms with Gasteiger partial charge in [0, 0.05) is 47.7 Å². The van der Waals surface area contributed by atoms with Crippen LogP contribution < -0.4 is 10.1 Å². The molecular formula is C26H28N2O8S. The third kappa shape index (κ3) is 5.23. The number of phenols is 1. The molecule has 0 saturated heterocycles. The number of benzene rings is 1. The van der Waals surface area contributed by atoms with Crippen molar-refractivity contribution in [1.82, 2.24) is 5.32 Å². The van der Waals surface area contributed by atoms with Gasteiger partial charge >= 0.3 is 11.7 Å². The minimum absolute atomic E-state index is 0.000512. The summed E-state index contributed by atoms with van der Waals surface area (Å²) in [5.74, 6) is -3.30. The monoisotopic (exact) mass is 528 g/mol. The molecule has 1 aromatic carbocycles. The first kappa shape index (κ1) is 26.4. The van der Waals surface area contributed by atoms with Crippen molar-refractivity contribution in [3.63, 3.8) is 0 Å². The molecule has 3 atom stereocenters. The summed E-state index contributed by atoms with van der Waals surface area (Å²) in [7, 11) is 1.48. The van der Waals surface area contributed by atoms with E-state index >= 15 is 0 Å². The first-order valence-corrected chi connectivity index (χ1v) is 12.7. The summed E-state index contributed by atoms with van der Waals surface area (Å²) in [5.41, 5.74) is 1.01. The summed E-state index contributed by atoms with van der Waals surface area (Å²) in [6.45, 7) is 3.72. The van der Waals surface area contributed by atoms with Crippen LogP contribution >= 0.6 is 11.3 Å². The molecule has 4 rings (SSSR count). The quantitative estimate of drug-likeness (QED) is 0.213. The number of ether oxygens (including phenoxy) is 3. The van der Waals surface area contributed by atoms with Crippen LogP contribution in [0.25, 0.3) is 0 Å². The second-order valence-corrected chi connectivity index (χ2v) is 9.72. The minimum atomic E-state index is -0.891. The summed E-state index contributed by atoms with van der Waals surface area (Å²) in [4.78, 5) is 39.0. The number of hydrogen-bond acceptors (Lipinski definition) is 10. The lowest BCUT2D eigenvalue weighted by atomic mass is 9.69. The number of ketones is 1. The lowest BCUT2D eigenvalue weighted by Gasteiger charge is -2.39. The molecule has 0 spiro atoms. The average Bonchev–Trinajstić information content (AvgIpc) is 3.39. The largest absolute Gasteiger partial charge is 0.500 e. The highest BCUT2D eigenvalue weighted by molar-refractivity contribution is 7.10. The van der Waals surface area contributed by atoms with E-state index in [4.69, 9.17) is 14.2 Å². The fraction of sp³-hybridized carbons (Fsp3) is 0.385. The predicted molar refractivity (Wildman–Crippen MR) is 136 cm³/mol. The molecule has 0 fully saturated rings. The number of carbonyl (C=O) groups excluding carboxylic acids is 2. The number of phenolic OH excluding ortho intramolecular Hbond substituents is 1. The maximum atomic E-state index is 13.7. The molecule has 2 N–H and O–H groups in total. The Hall–Kier alpha value is -3.70. The van der Waals surface area contributed by atoms with Crippen LogP contribution in [0.4, 0.5) is 5.69 Å². The molecular weight excluding hydrogens is 500 g/mol. The number of allylic oxidation sites excluding steroid dienone is 3. The van der Waals surface area contributed by atoms with Crippen molar-refractivity contribution in [2.24, 2.45) is 5.92 Å². The van der Waals surface area contributed by atoms with E-state index in [-0.39, 0.29) is 49.3 Å². The third-order valence-corrected chi connectivity index (χ3v) is 7.45. The van der Waals surface area contributed by atoms with E-state index in [0.29, 0.717) is 17.0 Å². The highest BCUT2D eigenvalue weighted by Crippen LogP contribution is 2.49. The van der Waals surface area contributed by atoms with Crippen molar-refractivity contribution < 1.29 is 33.8 Å². The van der Waals surface area contributed by atoms with Crippen molar-refractivity contribution >= 4 is 28.8 Å². The van der Waals surface area contributed by atoms with Crippen LogP contribution in [-0.2, 0) is 19.1 Å². The summed E-state index contributed by atoms with van der Waals surface area (Å²) in [5, 5.41) is 27.4. The number of hydrogen-bond donors (Lipinski definition) is 2. The van der Waals surface area contributed by atoms with Gasteiger partial charge in [0.15, 0.2) is 5.75 Å². The topological polar surface area (TPSA) is 137 Å². The number of methoxy groups -OCH3 is 1. The van der Waals surface area contributed by atoms with Crippen LogP contribution in [0.2, 0.25) is 0 Å². The fourth-order valence-electron chi connectivity index (χ4n) is 4.88. The Morgan fingerprint density at radius 3 is 2.73 bits per heavy atom. The van der Waals surface area contributed by atoms with Gasteiger partial charge in [-0.3, -0.25) is 14.9 Å². The molecule has 37 heavy (non-hydrogen) atoms. The van der Waals surface area contributed by atoms with Gasteiger partial charge < -0.3 is 24.6 Å². The maximum absolute atomic E-state index is 13.7. The fourth-order valence-corrected chi connectivity index (χ4v) is 5.68. The van der Waals surface area contributed by atoms with Gasteiger partial charge in [-0.05, 0) is 36.9 Å². The Bertz CT molecular complexity index is 1270. The number of nitrogens with one attached hydrogen (secondary N) is 1. The van der Waals surface area contributed by atoms with Gasteiger partial charge in [-0.2, -0.15) is 0 Å². The molecule has 1 aliphatic heterocycles. The van der Waals surface area contributed by atoms with Gasteiger partial charge in [-0.15, -0.1) is 11.3 Å². The Kier molecular flexibility index (Phi) is 7.94. The lowest BCUT2D eigenvalue weighted by molar-refractivity contribution is -0.386. The van der Waals surface area contributed by atoms with Crippen molar-refractivity contribution in [1.29, 1.82) is 0 Å². The molecule has 2 aromatic rings. The lowest BCUT2D eigenvalue weighted by Crippen LogP contribution is -2.42. The first-order chi connectivity index (χ1) is 17.8. The van der Waals surface area contributed by atoms with E-state index in [1.165, 1.54) is 19.2 Å². The number of nitro groups is 1. The second-order valence-electron chi connectivity index (χ2n) is 8.74. The summed E-state index contributed by atoms with van der Waals surface area (Å²) >= 11 is 1.56. The molecule has 0 radical (unpaired) electrons. The zero-order valence-corrected chi connectivity index (χ0v) is 21.5. The van der Waals surface area contributed by atoms with Crippen molar-refractivity contribution in [3.8, 4) is 11.5 Å². The van der Waals surface area contributed by atoms with Crippen LogP contribution in [0, 0.1) is 16.0 Å². The molecule has 0 bridgehead atoms. The summed E-state index contributed by atoms with van der Waals surface area (Å²) in [6.07, 6.45) is 2.20. The van der Waals surface area contributed by atoms with Gasteiger partial charge in [-0.25, -0.2) is 4.79 Å². The molecule has 0 saturated carbocycles. The van der Waals surface area contributed by atoms with Gasteiger partial charge in [0.05, 0.1) is 29.6 Å². The molecule has 1 aromatic heterocycles. The molecule has 196 valence electrons. The van der Waals surface area contributed by atoms with Crippen molar-refractivity contribution in [2.75, 3.05) is 26.9 Å². The molecule has 11 heteroatoms.